The van der Waals surface area contributed by atoms with Gasteiger partial charge in [-0.3, -0.25) is 47.9 Å². The summed E-state index contributed by atoms with van der Waals surface area (Å²) >= 11 is 0. The van der Waals surface area contributed by atoms with Crippen LogP contribution < -0.4 is 11.1 Å². The quantitative estimate of drug-likeness (QED) is 0.0578. The lowest BCUT2D eigenvalue weighted by molar-refractivity contribution is -0.152. The molecule has 0 aliphatic carbocycles. The van der Waals surface area contributed by atoms with E-state index in [2.05, 4.69) is 5.32 Å². The average Bonchev–Trinajstić information content (AvgIpc) is 3.46. The van der Waals surface area contributed by atoms with Crippen LogP contribution in [0.1, 0.15) is 163 Å². The lowest BCUT2D eigenvalue weighted by atomic mass is 10.1. The van der Waals surface area contributed by atoms with Gasteiger partial charge >= 0.3 is 0 Å². The highest BCUT2D eigenvalue weighted by molar-refractivity contribution is 5.94. The van der Waals surface area contributed by atoms with Gasteiger partial charge in [-0.2, -0.15) is 0 Å². The van der Waals surface area contributed by atoms with Crippen LogP contribution in [0.15, 0.2) is 0 Å². The zero-order chi connectivity index (χ0) is 62.6. The lowest BCUT2D eigenvalue weighted by Crippen LogP contribution is -2.56. The molecule has 0 aliphatic rings. The molecule has 0 saturated carbocycles. The van der Waals surface area contributed by atoms with Gasteiger partial charge in [0.1, 0.15) is 32.7 Å². The van der Waals surface area contributed by atoms with E-state index in [0.29, 0.717) is 38.5 Å². The van der Waals surface area contributed by atoms with Gasteiger partial charge in [0.05, 0.1) is 51.0 Å². The Balaban J connectivity index is 6.89. The van der Waals surface area contributed by atoms with Crippen LogP contribution in [0, 0.1) is 0 Å². The molecule has 0 aliphatic heterocycles. The molecule has 0 rings (SSSR count). The number of aliphatic hydroxyl groups is 3. The molecule has 0 aromatic heterocycles. The van der Waals surface area contributed by atoms with Crippen molar-refractivity contribution >= 4 is 59.1 Å². The summed E-state index contributed by atoms with van der Waals surface area (Å²) in [6.07, 6.45) is 0.196. The topological polar surface area (TPSA) is 299 Å². The van der Waals surface area contributed by atoms with Crippen molar-refractivity contribution in [2.24, 2.45) is 5.73 Å². The van der Waals surface area contributed by atoms with Crippen LogP contribution in [0.5, 0.6) is 0 Å². The van der Waals surface area contributed by atoms with Gasteiger partial charge in [0.25, 0.3) is 0 Å². The van der Waals surface area contributed by atoms with Crippen LogP contribution in [0.4, 0.5) is 0 Å². The number of aliphatic hydroxyl groups excluding tert-OH is 3. The molecule has 10 amide bonds. The second-order valence-corrected chi connectivity index (χ2v) is 22.2. The maximum absolute atomic E-state index is 14.5. The number of primary amides is 1. The van der Waals surface area contributed by atoms with E-state index in [1.807, 2.05) is 55.4 Å². The summed E-state index contributed by atoms with van der Waals surface area (Å²) in [5.74, 6) is -6.02. The molecule has 0 saturated heterocycles. The fourth-order valence-corrected chi connectivity index (χ4v) is 8.63. The summed E-state index contributed by atoms with van der Waals surface area (Å²) in [6, 6.07) is -2.81. The first-order chi connectivity index (χ1) is 37.8. The van der Waals surface area contributed by atoms with Crippen molar-refractivity contribution in [1.29, 1.82) is 0 Å². The SMILES string of the molecule is CCC(C)NCC(=O)N(CC(=O)N(CC(=O)N(CC(=O)N(CC(=O)N(CC(=O)N(CC(=O)N(CC(=O)N(CC(=O)N(CC(N)=O)C(C)CC)CC(C)O)C(C)CC)C(C)CC)CC(C)O)C(C)CC)C(C)CC)CC(C)O)C(C)CC. The molecule has 0 radical (unpaired) electrons. The maximum Gasteiger partial charge on any atom is 0.242 e. The molecule has 10 unspecified atom stereocenters. The van der Waals surface area contributed by atoms with Gasteiger partial charge in [0.15, 0.2) is 0 Å². The summed E-state index contributed by atoms with van der Waals surface area (Å²) in [4.78, 5) is 150. The van der Waals surface area contributed by atoms with Gasteiger partial charge in [0, 0.05) is 61.9 Å². The number of nitrogens with two attached hydrogens (primary N) is 1. The third-order valence-corrected chi connectivity index (χ3v) is 15.2. The van der Waals surface area contributed by atoms with E-state index in [4.69, 9.17) is 5.73 Å². The Morgan fingerprint density at radius 2 is 0.531 bits per heavy atom. The molecule has 0 fully saturated rings. The molecule has 10 atom stereocenters. The molecule has 0 aromatic carbocycles. The second kappa shape index (κ2) is 38.3. The van der Waals surface area contributed by atoms with E-state index in [0.717, 1.165) is 16.2 Å². The van der Waals surface area contributed by atoms with E-state index in [1.54, 1.807) is 41.5 Å². The van der Waals surface area contributed by atoms with Gasteiger partial charge in [-0.25, -0.2) is 0 Å². The van der Waals surface area contributed by atoms with E-state index in [9.17, 15) is 63.3 Å². The lowest BCUT2D eigenvalue weighted by Gasteiger charge is -2.37. The summed E-state index contributed by atoms with van der Waals surface area (Å²) < 4.78 is 0. The molecule has 6 N–H and O–H groups in total. The smallest absolute Gasteiger partial charge is 0.242 e. The Bertz CT molecular complexity index is 2010. The Morgan fingerprint density at radius 3 is 0.741 bits per heavy atom. The highest BCUT2D eigenvalue weighted by atomic mass is 16.3. The Labute approximate surface area is 484 Å². The minimum atomic E-state index is -1.13. The predicted octanol–water partition coefficient (Wildman–Crippen LogP) is 1.25. The molecule has 0 bridgehead atoms. The van der Waals surface area contributed by atoms with Crippen LogP contribution in [-0.2, 0) is 47.9 Å². The Kier molecular flexibility index (Phi) is 35.8. The highest BCUT2D eigenvalue weighted by Crippen LogP contribution is 2.16. The zero-order valence-electron chi connectivity index (χ0n) is 52.4. The summed E-state index contributed by atoms with van der Waals surface area (Å²) in [5, 5.41) is 34.7. The standard InChI is InChI=1S/C57H107N11O13/c1-18-38(8)59-25-49(73)64(40(10)20-3)33-50(74)61(27-46(16)70)31-54(78)67(43(13)23-6)36-57(81)66(42(12)22-5)35-52(76)62(28-47(17)71)32-55(79)68(44(14)24-7)37-56(80)65(41(11)21-4)34-51(75)60(26-45(15)69)30-53(77)63(29-48(58)72)39(9)19-2/h38-47,59,69-71H,18-37H2,1-17H3,(H2,58,72). The molecule has 24 heteroatoms. The first-order valence-corrected chi connectivity index (χ1v) is 29.4. The maximum atomic E-state index is 14.5. The van der Waals surface area contributed by atoms with E-state index < -0.39 is 147 Å². The van der Waals surface area contributed by atoms with E-state index in [-0.39, 0.29) is 57.3 Å². The molecule has 0 aromatic rings. The molecule has 468 valence electrons. The number of hydrogen-bond acceptors (Lipinski definition) is 14. The summed E-state index contributed by atoms with van der Waals surface area (Å²) in [7, 11) is 0. The number of carbonyl (C=O) groups is 10. The van der Waals surface area contributed by atoms with Crippen molar-refractivity contribution in [2.75, 3.05) is 85.1 Å². The van der Waals surface area contributed by atoms with Gasteiger partial charge in [-0.15, -0.1) is 0 Å². The normalized spacial score (nSPS) is 15.0. The number of carbonyl (C=O) groups excluding carboxylic acids is 10. The van der Waals surface area contributed by atoms with Crippen LogP contribution in [0.3, 0.4) is 0 Å². The Morgan fingerprint density at radius 1 is 0.321 bits per heavy atom. The Hall–Kier alpha value is -5.46. The van der Waals surface area contributed by atoms with Crippen LogP contribution in [0.25, 0.3) is 0 Å². The van der Waals surface area contributed by atoms with Crippen molar-refractivity contribution in [1.82, 2.24) is 49.4 Å². The summed E-state index contributed by atoms with van der Waals surface area (Å²) in [5.41, 5.74) is 5.44. The molecule has 24 nitrogen and oxygen atoms in total. The first-order valence-electron chi connectivity index (χ1n) is 29.4. The number of nitrogens with one attached hydrogen (secondary N) is 1. The summed E-state index contributed by atoms with van der Waals surface area (Å²) in [6.45, 7) is 24.5. The van der Waals surface area contributed by atoms with Crippen LogP contribution in [0.2, 0.25) is 0 Å². The van der Waals surface area contributed by atoms with E-state index >= 15 is 0 Å². The van der Waals surface area contributed by atoms with Crippen LogP contribution >= 0.6 is 0 Å². The van der Waals surface area contributed by atoms with Gasteiger partial charge in [0.2, 0.25) is 59.1 Å². The highest BCUT2D eigenvalue weighted by Gasteiger charge is 2.36. The van der Waals surface area contributed by atoms with Crippen molar-refractivity contribution in [3.63, 3.8) is 0 Å². The monoisotopic (exact) mass is 1150 g/mol. The molecular weight excluding hydrogens is 1050 g/mol. The minimum absolute atomic E-state index is 0.00883. The minimum Gasteiger partial charge on any atom is -0.392 e. The fraction of sp³-hybridized carbons (Fsp3) is 0.825. The molecular formula is C57H107N11O13. The van der Waals surface area contributed by atoms with E-state index in [1.165, 1.54) is 55.1 Å². The van der Waals surface area contributed by atoms with Crippen molar-refractivity contribution < 1.29 is 63.3 Å². The third-order valence-electron chi connectivity index (χ3n) is 15.2. The number of rotatable bonds is 40. The van der Waals surface area contributed by atoms with Gasteiger partial charge < -0.3 is 70.5 Å². The fourth-order valence-electron chi connectivity index (χ4n) is 8.63. The van der Waals surface area contributed by atoms with Crippen molar-refractivity contribution in [3.05, 3.63) is 0 Å². The van der Waals surface area contributed by atoms with Crippen molar-refractivity contribution in [3.8, 4) is 0 Å². The second-order valence-electron chi connectivity index (χ2n) is 22.2. The number of hydrogen-bond donors (Lipinski definition) is 5. The predicted molar refractivity (Wildman–Crippen MR) is 311 cm³/mol. The van der Waals surface area contributed by atoms with Crippen LogP contribution in [-0.4, -0.2) is 264 Å². The van der Waals surface area contributed by atoms with Gasteiger partial charge in [-0.05, 0) is 114 Å². The molecule has 0 heterocycles. The largest absolute Gasteiger partial charge is 0.392 e. The molecule has 81 heavy (non-hydrogen) atoms. The van der Waals surface area contributed by atoms with Crippen molar-refractivity contribution in [2.45, 2.75) is 223 Å². The number of nitrogens with zero attached hydrogens (tertiary/aromatic N) is 9. The average molecular weight is 1150 g/mol. The molecule has 0 spiro atoms. The zero-order valence-corrected chi connectivity index (χ0v) is 52.4. The number of amides is 10. The third kappa shape index (κ3) is 26.6. The first kappa shape index (κ1) is 75.5. The van der Waals surface area contributed by atoms with Gasteiger partial charge in [-0.1, -0.05) is 48.5 Å².